The molecule has 156 valence electrons. The van der Waals surface area contributed by atoms with Crippen molar-refractivity contribution in [3.8, 4) is 5.75 Å². The minimum atomic E-state index is -0.267. The van der Waals surface area contributed by atoms with Gasteiger partial charge in [-0.3, -0.25) is 14.5 Å². The summed E-state index contributed by atoms with van der Waals surface area (Å²) in [6.45, 7) is 5.11. The molecular formula is C22H29N3O3S. The Morgan fingerprint density at radius 3 is 2.79 bits per heavy atom. The number of ether oxygens (including phenoxy) is 1. The molecule has 6 nitrogen and oxygen atoms in total. The SMILES string of the molecule is CCOc1ccccc1N=C1SCC(C)N1C(=O)C1CC(=O)N(C2CCCC2)C1. The van der Waals surface area contributed by atoms with Gasteiger partial charge in [0.15, 0.2) is 5.17 Å². The Balaban J connectivity index is 1.53. The van der Waals surface area contributed by atoms with E-state index in [0.29, 0.717) is 30.8 Å². The molecule has 0 spiro atoms. The smallest absolute Gasteiger partial charge is 0.234 e. The first-order valence-corrected chi connectivity index (χ1v) is 11.6. The van der Waals surface area contributed by atoms with Crippen LogP contribution in [0.2, 0.25) is 0 Å². The van der Waals surface area contributed by atoms with Crippen LogP contribution in [0.4, 0.5) is 5.69 Å². The number of rotatable bonds is 5. The van der Waals surface area contributed by atoms with E-state index in [2.05, 4.69) is 0 Å². The molecule has 3 aliphatic rings. The molecule has 0 aromatic heterocycles. The van der Waals surface area contributed by atoms with Crippen molar-refractivity contribution in [3.63, 3.8) is 0 Å². The number of aliphatic imine (C=N–C) groups is 1. The number of hydrogen-bond donors (Lipinski definition) is 0. The second-order valence-corrected chi connectivity index (χ2v) is 9.04. The van der Waals surface area contributed by atoms with E-state index in [1.807, 2.05) is 47.9 Å². The van der Waals surface area contributed by atoms with Crippen LogP contribution < -0.4 is 4.74 Å². The highest BCUT2D eigenvalue weighted by atomic mass is 32.2. The minimum Gasteiger partial charge on any atom is -0.492 e. The molecule has 1 saturated carbocycles. The molecule has 2 amide bonds. The fourth-order valence-corrected chi connectivity index (χ4v) is 5.63. The highest BCUT2D eigenvalue weighted by Crippen LogP contribution is 2.35. The molecule has 3 fully saturated rings. The number of carbonyl (C=O) groups is 2. The monoisotopic (exact) mass is 415 g/mol. The van der Waals surface area contributed by atoms with Gasteiger partial charge in [-0.2, -0.15) is 0 Å². The van der Waals surface area contributed by atoms with Crippen LogP contribution in [-0.4, -0.2) is 57.8 Å². The van der Waals surface area contributed by atoms with E-state index in [1.54, 1.807) is 11.8 Å². The van der Waals surface area contributed by atoms with Gasteiger partial charge in [0, 0.05) is 30.8 Å². The molecular weight excluding hydrogens is 386 g/mol. The lowest BCUT2D eigenvalue weighted by molar-refractivity contribution is -0.133. The average Bonchev–Trinajstić information content (AvgIpc) is 3.44. The molecule has 0 radical (unpaired) electrons. The van der Waals surface area contributed by atoms with Crippen molar-refractivity contribution in [2.24, 2.45) is 10.9 Å². The molecule has 2 heterocycles. The molecule has 2 atom stereocenters. The van der Waals surface area contributed by atoms with Crippen LogP contribution in [0.5, 0.6) is 5.75 Å². The van der Waals surface area contributed by atoms with Crippen molar-refractivity contribution in [2.75, 3.05) is 18.9 Å². The molecule has 1 aromatic rings. The zero-order valence-electron chi connectivity index (χ0n) is 17.2. The summed E-state index contributed by atoms with van der Waals surface area (Å²) >= 11 is 1.60. The molecule has 7 heteroatoms. The van der Waals surface area contributed by atoms with Gasteiger partial charge >= 0.3 is 0 Å². The summed E-state index contributed by atoms with van der Waals surface area (Å²) in [4.78, 5) is 34.5. The first kappa shape index (κ1) is 20.3. The van der Waals surface area contributed by atoms with Gasteiger partial charge in [-0.25, -0.2) is 4.99 Å². The number of para-hydroxylation sites is 2. The Hall–Kier alpha value is -2.02. The van der Waals surface area contributed by atoms with Gasteiger partial charge in [-0.1, -0.05) is 36.7 Å². The summed E-state index contributed by atoms with van der Waals surface area (Å²) in [6, 6.07) is 8.05. The molecule has 2 unspecified atom stereocenters. The summed E-state index contributed by atoms with van der Waals surface area (Å²) in [5.74, 6) is 1.43. The van der Waals surface area contributed by atoms with Crippen LogP contribution in [0.15, 0.2) is 29.3 Å². The molecule has 0 N–H and O–H groups in total. The fraction of sp³-hybridized carbons (Fsp3) is 0.591. The Bertz CT molecular complexity index is 806. The summed E-state index contributed by atoms with van der Waals surface area (Å²) in [6.07, 6.45) is 4.84. The Labute approximate surface area is 176 Å². The number of carbonyl (C=O) groups excluding carboxylic acids is 2. The largest absolute Gasteiger partial charge is 0.492 e. The highest BCUT2D eigenvalue weighted by Gasteiger charge is 2.43. The van der Waals surface area contributed by atoms with Crippen molar-refractivity contribution in [1.82, 2.24) is 9.80 Å². The van der Waals surface area contributed by atoms with E-state index in [0.717, 1.165) is 30.0 Å². The first-order chi connectivity index (χ1) is 14.1. The lowest BCUT2D eigenvalue weighted by Crippen LogP contribution is -2.43. The minimum absolute atomic E-state index is 0.0315. The second-order valence-electron chi connectivity index (χ2n) is 8.05. The number of nitrogens with zero attached hydrogens (tertiary/aromatic N) is 3. The van der Waals surface area contributed by atoms with E-state index in [1.165, 1.54) is 12.8 Å². The van der Waals surface area contributed by atoms with Crippen LogP contribution >= 0.6 is 11.8 Å². The predicted octanol–water partition coefficient (Wildman–Crippen LogP) is 3.83. The third-order valence-electron chi connectivity index (χ3n) is 5.99. The van der Waals surface area contributed by atoms with Crippen molar-refractivity contribution >= 4 is 34.4 Å². The number of hydrogen-bond acceptors (Lipinski definition) is 5. The molecule has 2 saturated heterocycles. The quantitative estimate of drug-likeness (QED) is 0.733. The number of benzene rings is 1. The lowest BCUT2D eigenvalue weighted by atomic mass is 10.1. The first-order valence-electron chi connectivity index (χ1n) is 10.6. The standard InChI is InChI=1S/C22H29N3O3S/c1-3-28-19-11-7-6-10-18(19)23-22-25(15(2)14-29-22)21(27)16-12-20(26)24(13-16)17-8-4-5-9-17/h6-7,10-11,15-17H,3-5,8-9,12-14H2,1-2H3. The van der Waals surface area contributed by atoms with E-state index < -0.39 is 0 Å². The van der Waals surface area contributed by atoms with Crippen molar-refractivity contribution in [1.29, 1.82) is 0 Å². The summed E-state index contributed by atoms with van der Waals surface area (Å²) in [7, 11) is 0. The topological polar surface area (TPSA) is 62.2 Å². The third-order valence-corrected chi connectivity index (χ3v) is 7.19. The number of likely N-dealkylation sites (tertiary alicyclic amines) is 1. The van der Waals surface area contributed by atoms with Crippen molar-refractivity contribution in [2.45, 2.75) is 58.0 Å². The van der Waals surface area contributed by atoms with Gasteiger partial charge in [0.2, 0.25) is 11.8 Å². The van der Waals surface area contributed by atoms with Crippen LogP contribution in [0.25, 0.3) is 0 Å². The normalized spacial score (nSPS) is 26.7. The molecule has 4 rings (SSSR count). The van der Waals surface area contributed by atoms with Gasteiger partial charge in [0.1, 0.15) is 11.4 Å². The molecule has 1 aliphatic carbocycles. The highest BCUT2D eigenvalue weighted by molar-refractivity contribution is 8.14. The molecule has 2 aliphatic heterocycles. The van der Waals surface area contributed by atoms with E-state index in [-0.39, 0.29) is 23.8 Å². The van der Waals surface area contributed by atoms with Crippen LogP contribution in [0.3, 0.4) is 0 Å². The van der Waals surface area contributed by atoms with Crippen LogP contribution in [0.1, 0.15) is 46.0 Å². The molecule has 29 heavy (non-hydrogen) atoms. The van der Waals surface area contributed by atoms with Gasteiger partial charge < -0.3 is 9.64 Å². The number of amidine groups is 1. The maximum absolute atomic E-state index is 13.4. The van der Waals surface area contributed by atoms with Crippen LogP contribution in [-0.2, 0) is 9.59 Å². The fourth-order valence-electron chi connectivity index (χ4n) is 4.52. The van der Waals surface area contributed by atoms with E-state index in [9.17, 15) is 9.59 Å². The summed E-state index contributed by atoms with van der Waals surface area (Å²) < 4.78 is 5.68. The second kappa shape index (κ2) is 8.78. The van der Waals surface area contributed by atoms with Gasteiger partial charge in [-0.15, -0.1) is 0 Å². The maximum atomic E-state index is 13.4. The van der Waals surface area contributed by atoms with Crippen molar-refractivity contribution < 1.29 is 14.3 Å². The zero-order chi connectivity index (χ0) is 20.4. The Morgan fingerprint density at radius 2 is 2.03 bits per heavy atom. The number of thioether (sulfide) groups is 1. The van der Waals surface area contributed by atoms with E-state index >= 15 is 0 Å². The third kappa shape index (κ3) is 4.15. The van der Waals surface area contributed by atoms with Crippen LogP contribution in [0, 0.1) is 5.92 Å². The predicted molar refractivity (Wildman–Crippen MR) is 116 cm³/mol. The van der Waals surface area contributed by atoms with Gasteiger partial charge in [0.05, 0.1) is 12.5 Å². The van der Waals surface area contributed by atoms with E-state index in [4.69, 9.17) is 9.73 Å². The molecule has 1 aromatic carbocycles. The Morgan fingerprint density at radius 1 is 1.28 bits per heavy atom. The molecule has 0 bridgehead atoms. The maximum Gasteiger partial charge on any atom is 0.234 e. The van der Waals surface area contributed by atoms with Gasteiger partial charge in [-0.05, 0) is 38.8 Å². The summed E-state index contributed by atoms with van der Waals surface area (Å²) in [5.41, 5.74) is 0.735. The summed E-state index contributed by atoms with van der Waals surface area (Å²) in [5, 5.41) is 0.710. The lowest BCUT2D eigenvalue weighted by Gasteiger charge is -2.26. The van der Waals surface area contributed by atoms with Crippen molar-refractivity contribution in [3.05, 3.63) is 24.3 Å². The average molecular weight is 416 g/mol. The Kier molecular flexibility index (Phi) is 6.13. The van der Waals surface area contributed by atoms with Gasteiger partial charge in [0.25, 0.3) is 0 Å². The zero-order valence-corrected chi connectivity index (χ0v) is 18.0. The number of amides is 2.